The first kappa shape index (κ1) is 33.0. The normalized spacial score (nSPS) is 13.4. The lowest BCUT2D eigenvalue weighted by Crippen LogP contribution is -2.26. The van der Waals surface area contributed by atoms with Crippen LogP contribution in [0.4, 0.5) is 5.69 Å². The monoisotopic (exact) mass is 641 g/mol. The molecule has 12 nitrogen and oxygen atoms in total. The van der Waals surface area contributed by atoms with Gasteiger partial charge >= 0.3 is 0 Å². The van der Waals surface area contributed by atoms with Crippen LogP contribution >= 0.6 is 0 Å². The van der Waals surface area contributed by atoms with E-state index in [1.165, 1.54) is 6.92 Å². The third-order valence-corrected chi connectivity index (χ3v) is 7.97. The maximum atomic E-state index is 13.5. The fourth-order valence-electron chi connectivity index (χ4n) is 5.78. The molecule has 0 bridgehead atoms. The molecule has 0 saturated heterocycles. The van der Waals surface area contributed by atoms with Crippen molar-refractivity contribution in [1.82, 2.24) is 20.8 Å². The molecule has 1 aliphatic rings. The lowest BCUT2D eigenvalue weighted by atomic mass is 9.95. The molecule has 0 fully saturated rings. The summed E-state index contributed by atoms with van der Waals surface area (Å²) in [6.45, 7) is 2.23. The van der Waals surface area contributed by atoms with Crippen LogP contribution in [0.3, 0.4) is 0 Å². The molecule has 1 atom stereocenters. The quantitative estimate of drug-likeness (QED) is 0.178. The second-order valence-electron chi connectivity index (χ2n) is 11.1. The Morgan fingerprint density at radius 3 is 2.49 bits per heavy atom. The minimum absolute atomic E-state index is 0.117. The second-order valence-corrected chi connectivity index (χ2v) is 11.1. The maximum Gasteiger partial charge on any atom is 0.228 e. The van der Waals surface area contributed by atoms with Crippen LogP contribution in [0.1, 0.15) is 49.2 Å². The number of benzene rings is 2. The van der Waals surface area contributed by atoms with Crippen molar-refractivity contribution in [3.05, 3.63) is 81.8 Å². The smallest absolute Gasteiger partial charge is 0.228 e. The van der Waals surface area contributed by atoms with Gasteiger partial charge in [-0.05, 0) is 54.2 Å². The number of hydrogen-bond donors (Lipinski definition) is 3. The summed E-state index contributed by atoms with van der Waals surface area (Å²) in [4.78, 5) is 42.5. The Hall–Kier alpha value is -5.39. The zero-order valence-corrected chi connectivity index (χ0v) is 27.0. The number of carbonyl (C=O) groups is 2. The molecule has 1 aliphatic carbocycles. The van der Waals surface area contributed by atoms with Crippen LogP contribution in [0.25, 0.3) is 22.5 Å². The summed E-state index contributed by atoms with van der Waals surface area (Å²) in [5.41, 5.74) is 4.16. The fourth-order valence-corrected chi connectivity index (χ4v) is 5.78. The Kier molecular flexibility index (Phi) is 10.7. The second kappa shape index (κ2) is 15.3. The number of ether oxygens (including phenoxy) is 3. The average molecular weight is 642 g/mol. The lowest BCUT2D eigenvalue weighted by Gasteiger charge is -2.19. The average Bonchev–Trinajstić information content (AvgIpc) is 3.43. The van der Waals surface area contributed by atoms with Gasteiger partial charge in [-0.25, -0.2) is 0 Å². The summed E-state index contributed by atoms with van der Waals surface area (Å²) in [6, 6.07) is 16.2. The van der Waals surface area contributed by atoms with E-state index in [1.807, 2.05) is 42.5 Å². The number of fused-ring (bicyclic) bond motifs is 3. The van der Waals surface area contributed by atoms with Gasteiger partial charge in [-0.15, -0.1) is 0 Å². The van der Waals surface area contributed by atoms with Crippen LogP contribution in [0.5, 0.6) is 17.2 Å². The highest BCUT2D eigenvalue weighted by molar-refractivity contribution is 5.84. The van der Waals surface area contributed by atoms with Crippen LogP contribution in [0.2, 0.25) is 0 Å². The lowest BCUT2D eigenvalue weighted by molar-refractivity contribution is -0.121. The van der Waals surface area contributed by atoms with Crippen LogP contribution in [0.15, 0.2) is 63.9 Å². The van der Waals surface area contributed by atoms with Crippen LogP contribution < -0.4 is 35.6 Å². The Bertz CT molecular complexity index is 1790. The van der Waals surface area contributed by atoms with E-state index in [1.54, 1.807) is 33.5 Å². The molecule has 0 radical (unpaired) electrons. The van der Waals surface area contributed by atoms with Crippen molar-refractivity contribution in [2.75, 3.05) is 39.7 Å². The highest BCUT2D eigenvalue weighted by atomic mass is 16.5. The molecule has 4 aromatic rings. The van der Waals surface area contributed by atoms with Gasteiger partial charge in [-0.3, -0.25) is 14.4 Å². The van der Waals surface area contributed by atoms with E-state index in [4.69, 9.17) is 18.7 Å². The van der Waals surface area contributed by atoms with E-state index >= 15 is 0 Å². The number of amides is 2. The molecule has 12 heteroatoms. The van der Waals surface area contributed by atoms with Gasteiger partial charge in [0.1, 0.15) is 0 Å². The van der Waals surface area contributed by atoms with Gasteiger partial charge in [0.25, 0.3) is 0 Å². The first-order valence-corrected chi connectivity index (χ1v) is 15.5. The zero-order valence-electron chi connectivity index (χ0n) is 27.0. The molecule has 0 unspecified atom stereocenters. The molecule has 5 rings (SSSR count). The number of rotatable bonds is 13. The van der Waals surface area contributed by atoms with Crippen molar-refractivity contribution >= 4 is 17.5 Å². The number of anilines is 1. The van der Waals surface area contributed by atoms with E-state index in [0.29, 0.717) is 79.0 Å². The molecule has 1 aromatic heterocycles. The summed E-state index contributed by atoms with van der Waals surface area (Å²) in [5, 5.41) is 13.1. The summed E-state index contributed by atoms with van der Waals surface area (Å²) < 4.78 is 22.4. The van der Waals surface area contributed by atoms with Gasteiger partial charge < -0.3 is 34.7 Å². The number of nitrogens with one attached hydrogen (secondary N) is 3. The molecule has 0 saturated carbocycles. The summed E-state index contributed by atoms with van der Waals surface area (Å²) in [7, 11) is 4.67. The Labute approximate surface area is 272 Å². The van der Waals surface area contributed by atoms with Gasteiger partial charge in [0.05, 0.1) is 33.1 Å². The van der Waals surface area contributed by atoms with Crippen LogP contribution in [-0.4, -0.2) is 56.4 Å². The van der Waals surface area contributed by atoms with Crippen molar-refractivity contribution in [3.8, 4) is 39.8 Å². The minimum atomic E-state index is -0.398. The van der Waals surface area contributed by atoms with E-state index in [-0.39, 0.29) is 23.7 Å². The van der Waals surface area contributed by atoms with Crippen molar-refractivity contribution in [2.45, 2.75) is 45.1 Å². The standard InChI is InChI=1S/C35H39N5O7/c1-21(41)38-26-14-12-23-19-29(44-2)33(45-3)34(46-4)32(23)24-13-15-27(28(42)20-25(24)26)36-17-8-11-30(43)37-18-16-31-39-35(40-47-31)22-9-6-5-7-10-22/h5-7,9-10,13,15,19-20,26H,8,11-12,14,16-18H2,1-4H3,(H,36,42)(H,37,43)(H,38,41)/t26-/m0/s1. The molecule has 246 valence electrons. The number of hydrogen-bond acceptors (Lipinski definition) is 10. The Morgan fingerprint density at radius 2 is 1.77 bits per heavy atom. The van der Waals surface area contributed by atoms with E-state index in [2.05, 4.69) is 26.1 Å². The number of carbonyl (C=O) groups excluding carboxylic acids is 2. The SMILES string of the molecule is COc1cc2c(c(OC)c1OC)-c1ccc(NCCCC(=O)NCCc3nc(-c4ccccc4)no3)c(=O)cc1[C@@H](NC(C)=O)CC2. The molecule has 3 N–H and O–H groups in total. The molecule has 0 aliphatic heterocycles. The fraction of sp³-hybridized carbons (Fsp3) is 0.343. The van der Waals surface area contributed by atoms with Crippen molar-refractivity contribution in [2.24, 2.45) is 0 Å². The van der Waals surface area contributed by atoms with Crippen molar-refractivity contribution in [3.63, 3.8) is 0 Å². The Morgan fingerprint density at radius 1 is 0.979 bits per heavy atom. The summed E-state index contributed by atoms with van der Waals surface area (Å²) in [5.74, 6) is 2.11. The van der Waals surface area contributed by atoms with Crippen molar-refractivity contribution < 1.29 is 28.3 Å². The van der Waals surface area contributed by atoms with Crippen LogP contribution in [-0.2, 0) is 22.4 Å². The number of aryl methyl sites for hydroxylation is 1. The molecule has 3 aromatic carbocycles. The topological polar surface area (TPSA) is 154 Å². The van der Waals surface area contributed by atoms with Gasteiger partial charge in [0, 0.05) is 44.0 Å². The number of methoxy groups -OCH3 is 3. The molecule has 47 heavy (non-hydrogen) atoms. The largest absolute Gasteiger partial charge is 0.493 e. The molecule has 0 spiro atoms. The maximum absolute atomic E-state index is 13.5. The van der Waals surface area contributed by atoms with Crippen molar-refractivity contribution in [1.29, 1.82) is 0 Å². The predicted molar refractivity (Wildman–Crippen MR) is 177 cm³/mol. The van der Waals surface area contributed by atoms with E-state index in [9.17, 15) is 14.4 Å². The van der Waals surface area contributed by atoms with Gasteiger partial charge in [0.15, 0.2) is 11.5 Å². The first-order valence-electron chi connectivity index (χ1n) is 15.5. The highest BCUT2D eigenvalue weighted by Crippen LogP contribution is 2.50. The molecular formula is C35H39N5O7. The highest BCUT2D eigenvalue weighted by Gasteiger charge is 2.29. The Balaban J connectivity index is 1.25. The molecule has 1 heterocycles. The number of aromatic nitrogens is 2. The van der Waals surface area contributed by atoms with E-state index < -0.39 is 6.04 Å². The van der Waals surface area contributed by atoms with Gasteiger partial charge in [0.2, 0.25) is 34.7 Å². The summed E-state index contributed by atoms with van der Waals surface area (Å²) >= 11 is 0. The van der Waals surface area contributed by atoms with Crippen LogP contribution in [0, 0.1) is 0 Å². The third kappa shape index (κ3) is 7.71. The van der Waals surface area contributed by atoms with Gasteiger partial charge in [-0.1, -0.05) is 41.6 Å². The minimum Gasteiger partial charge on any atom is -0.493 e. The number of nitrogens with zero attached hydrogens (tertiary/aromatic N) is 2. The third-order valence-electron chi connectivity index (χ3n) is 7.97. The molecular weight excluding hydrogens is 602 g/mol. The predicted octanol–water partition coefficient (Wildman–Crippen LogP) is 4.46. The first-order chi connectivity index (χ1) is 22.8. The van der Waals surface area contributed by atoms with E-state index in [0.717, 1.165) is 22.3 Å². The molecule has 2 amide bonds. The summed E-state index contributed by atoms with van der Waals surface area (Å²) in [6.07, 6.45) is 2.37. The van der Waals surface area contributed by atoms with Gasteiger partial charge in [-0.2, -0.15) is 4.98 Å². The zero-order chi connectivity index (χ0) is 33.3.